The largest absolute Gasteiger partial charge is 0.444 e. The highest BCUT2D eigenvalue weighted by molar-refractivity contribution is 5.68. The summed E-state index contributed by atoms with van der Waals surface area (Å²) in [6.45, 7) is 9.50. The van der Waals surface area contributed by atoms with Crippen molar-refractivity contribution < 1.29 is 24.1 Å². The minimum absolute atomic E-state index is 0.288. The van der Waals surface area contributed by atoms with Crippen LogP contribution in [0.4, 0.5) is 4.79 Å². The van der Waals surface area contributed by atoms with Crippen LogP contribution in [0.5, 0.6) is 0 Å². The first kappa shape index (κ1) is 17.2. The van der Waals surface area contributed by atoms with Crippen molar-refractivity contribution >= 4 is 6.09 Å². The molecular formula is C12H25NO5. The van der Waals surface area contributed by atoms with Gasteiger partial charge >= 0.3 is 6.09 Å². The molecule has 0 aromatic heterocycles. The van der Waals surface area contributed by atoms with Crippen molar-refractivity contribution in [2.24, 2.45) is 0 Å². The number of amides is 1. The molecule has 0 fully saturated rings. The molecule has 1 unspecified atom stereocenters. The van der Waals surface area contributed by atoms with Gasteiger partial charge in [-0.3, -0.25) is 0 Å². The van der Waals surface area contributed by atoms with E-state index < -0.39 is 24.0 Å². The van der Waals surface area contributed by atoms with E-state index in [1.165, 1.54) is 0 Å². The Bertz CT molecular complexity index is 233. The van der Waals surface area contributed by atoms with Crippen LogP contribution < -0.4 is 5.32 Å². The number of hydrogen-bond acceptors (Lipinski definition) is 5. The second kappa shape index (κ2) is 8.29. The Kier molecular flexibility index (Phi) is 7.90. The molecule has 0 aliphatic rings. The third-order valence-corrected chi connectivity index (χ3v) is 1.89. The summed E-state index contributed by atoms with van der Waals surface area (Å²) < 4.78 is 15.7. The van der Waals surface area contributed by atoms with E-state index in [1.54, 1.807) is 20.8 Å². The zero-order valence-corrected chi connectivity index (χ0v) is 11.9. The Morgan fingerprint density at radius 2 is 1.72 bits per heavy atom. The summed E-state index contributed by atoms with van der Waals surface area (Å²) in [7, 11) is 0. The number of hydrogen-bond donors (Lipinski definition) is 2. The number of carbonyl (C=O) groups excluding carboxylic acids is 1. The number of ether oxygens (including phenoxy) is 3. The van der Waals surface area contributed by atoms with Crippen LogP contribution in [0.1, 0.15) is 34.6 Å². The van der Waals surface area contributed by atoms with E-state index in [0.29, 0.717) is 13.2 Å². The van der Waals surface area contributed by atoms with Crippen LogP contribution in [-0.2, 0) is 14.2 Å². The molecule has 0 bridgehead atoms. The molecule has 1 amide bonds. The van der Waals surface area contributed by atoms with E-state index in [4.69, 9.17) is 14.2 Å². The van der Waals surface area contributed by atoms with Gasteiger partial charge < -0.3 is 24.6 Å². The van der Waals surface area contributed by atoms with Crippen LogP contribution in [0.2, 0.25) is 0 Å². The van der Waals surface area contributed by atoms with Crippen molar-refractivity contribution in [1.82, 2.24) is 5.32 Å². The van der Waals surface area contributed by atoms with Crippen molar-refractivity contribution in [1.29, 1.82) is 0 Å². The normalized spacial score (nSPS) is 13.5. The zero-order chi connectivity index (χ0) is 14.2. The van der Waals surface area contributed by atoms with Crippen LogP contribution >= 0.6 is 0 Å². The SMILES string of the molecule is CCOC(OCC)C(CO)NC(=O)OC(C)(C)C. The molecule has 0 rings (SSSR count). The highest BCUT2D eigenvalue weighted by atomic mass is 16.7. The van der Waals surface area contributed by atoms with E-state index in [-0.39, 0.29) is 6.61 Å². The molecule has 18 heavy (non-hydrogen) atoms. The van der Waals surface area contributed by atoms with Gasteiger partial charge in [0.15, 0.2) is 6.29 Å². The molecule has 0 aromatic carbocycles. The molecule has 0 aliphatic carbocycles. The summed E-state index contributed by atoms with van der Waals surface area (Å²) in [6, 6.07) is -0.653. The molecule has 0 aliphatic heterocycles. The summed E-state index contributed by atoms with van der Waals surface area (Å²) in [4.78, 5) is 11.6. The predicted octanol–water partition coefficient (Wildman–Crippen LogP) is 1.27. The van der Waals surface area contributed by atoms with Gasteiger partial charge in [0.05, 0.1) is 6.61 Å². The van der Waals surface area contributed by atoms with Gasteiger partial charge in [0.1, 0.15) is 11.6 Å². The standard InChI is InChI=1S/C12H25NO5/c1-6-16-10(17-7-2)9(8-14)13-11(15)18-12(3,4)5/h9-10,14H,6-8H2,1-5H3,(H,13,15). The van der Waals surface area contributed by atoms with Gasteiger partial charge in [-0.05, 0) is 34.6 Å². The molecule has 6 heteroatoms. The summed E-state index contributed by atoms with van der Waals surface area (Å²) in [5.41, 5.74) is -0.586. The fourth-order valence-corrected chi connectivity index (χ4v) is 1.27. The summed E-state index contributed by atoms with van der Waals surface area (Å²) in [6.07, 6.45) is -1.29. The van der Waals surface area contributed by atoms with Gasteiger partial charge in [-0.2, -0.15) is 0 Å². The van der Waals surface area contributed by atoms with E-state index in [9.17, 15) is 9.90 Å². The Balaban J connectivity index is 4.41. The van der Waals surface area contributed by atoms with Crippen molar-refractivity contribution in [3.8, 4) is 0 Å². The van der Waals surface area contributed by atoms with Crippen molar-refractivity contribution in [3.63, 3.8) is 0 Å². The van der Waals surface area contributed by atoms with Gasteiger partial charge in [-0.1, -0.05) is 0 Å². The van der Waals surface area contributed by atoms with Gasteiger partial charge in [-0.25, -0.2) is 4.79 Å². The lowest BCUT2D eigenvalue weighted by Crippen LogP contribution is -2.49. The van der Waals surface area contributed by atoms with Crippen LogP contribution in [0.15, 0.2) is 0 Å². The maximum absolute atomic E-state index is 11.6. The molecule has 108 valence electrons. The highest BCUT2D eigenvalue weighted by Gasteiger charge is 2.26. The van der Waals surface area contributed by atoms with E-state index in [1.807, 2.05) is 13.8 Å². The number of aliphatic hydroxyl groups is 1. The number of alkyl carbamates (subject to hydrolysis) is 1. The molecule has 0 saturated heterocycles. The molecule has 1 atom stereocenters. The molecule has 0 saturated carbocycles. The van der Waals surface area contributed by atoms with Crippen molar-refractivity contribution in [3.05, 3.63) is 0 Å². The third-order valence-electron chi connectivity index (χ3n) is 1.89. The smallest absolute Gasteiger partial charge is 0.408 e. The van der Waals surface area contributed by atoms with Crippen LogP contribution in [-0.4, -0.2) is 49.0 Å². The average Bonchev–Trinajstić information content (AvgIpc) is 2.23. The fraction of sp³-hybridized carbons (Fsp3) is 0.917. The predicted molar refractivity (Wildman–Crippen MR) is 67.3 cm³/mol. The van der Waals surface area contributed by atoms with E-state index in [0.717, 1.165) is 0 Å². The summed E-state index contributed by atoms with van der Waals surface area (Å²) in [5.74, 6) is 0. The van der Waals surface area contributed by atoms with Gasteiger partial charge in [0, 0.05) is 13.2 Å². The Morgan fingerprint density at radius 1 is 1.22 bits per heavy atom. The molecule has 0 aromatic rings. The number of nitrogens with one attached hydrogen (secondary N) is 1. The Morgan fingerprint density at radius 3 is 2.06 bits per heavy atom. The van der Waals surface area contributed by atoms with Gasteiger partial charge in [0.2, 0.25) is 0 Å². The first-order valence-corrected chi connectivity index (χ1v) is 6.17. The molecule has 0 spiro atoms. The fourth-order valence-electron chi connectivity index (χ4n) is 1.27. The van der Waals surface area contributed by atoms with Crippen LogP contribution in [0.3, 0.4) is 0 Å². The van der Waals surface area contributed by atoms with E-state index in [2.05, 4.69) is 5.32 Å². The van der Waals surface area contributed by atoms with Gasteiger partial charge in [0.25, 0.3) is 0 Å². The zero-order valence-electron chi connectivity index (χ0n) is 11.9. The number of carbonyl (C=O) groups is 1. The maximum Gasteiger partial charge on any atom is 0.408 e. The minimum atomic E-state index is -0.683. The molecule has 0 heterocycles. The summed E-state index contributed by atoms with van der Waals surface area (Å²) in [5, 5.41) is 11.8. The lowest BCUT2D eigenvalue weighted by molar-refractivity contribution is -0.159. The first-order chi connectivity index (χ1) is 8.34. The van der Waals surface area contributed by atoms with Crippen molar-refractivity contribution in [2.75, 3.05) is 19.8 Å². The maximum atomic E-state index is 11.6. The minimum Gasteiger partial charge on any atom is -0.444 e. The lowest BCUT2D eigenvalue weighted by atomic mass is 10.2. The monoisotopic (exact) mass is 263 g/mol. The van der Waals surface area contributed by atoms with E-state index >= 15 is 0 Å². The lowest BCUT2D eigenvalue weighted by Gasteiger charge is -2.27. The first-order valence-electron chi connectivity index (χ1n) is 6.17. The molecule has 2 N–H and O–H groups in total. The third kappa shape index (κ3) is 7.47. The van der Waals surface area contributed by atoms with Gasteiger partial charge in [-0.15, -0.1) is 0 Å². The van der Waals surface area contributed by atoms with Crippen LogP contribution in [0.25, 0.3) is 0 Å². The Labute approximate surface area is 109 Å². The number of rotatable bonds is 7. The Hall–Kier alpha value is -0.850. The topological polar surface area (TPSA) is 77.0 Å². The molecule has 6 nitrogen and oxygen atoms in total. The second-order valence-electron chi connectivity index (χ2n) is 4.71. The quantitative estimate of drug-likeness (QED) is 0.676. The molecular weight excluding hydrogens is 238 g/mol. The summed E-state index contributed by atoms with van der Waals surface area (Å²) >= 11 is 0. The average molecular weight is 263 g/mol. The van der Waals surface area contributed by atoms with Crippen LogP contribution in [0, 0.1) is 0 Å². The van der Waals surface area contributed by atoms with Crippen molar-refractivity contribution in [2.45, 2.75) is 52.6 Å². The number of aliphatic hydroxyl groups excluding tert-OH is 1. The molecule has 0 radical (unpaired) electrons. The highest BCUT2D eigenvalue weighted by Crippen LogP contribution is 2.08. The second-order valence-corrected chi connectivity index (χ2v) is 4.71.